The first-order valence-electron chi connectivity index (χ1n) is 21.9. The molecule has 342 valence electrons. The molecule has 0 bridgehead atoms. The van der Waals surface area contributed by atoms with Gasteiger partial charge in [0.2, 0.25) is 11.8 Å². The van der Waals surface area contributed by atoms with Gasteiger partial charge in [-0.25, -0.2) is 4.98 Å². The second-order valence-electron chi connectivity index (χ2n) is 18.1. The first-order valence-corrected chi connectivity index (χ1v) is 23.6. The van der Waals surface area contributed by atoms with Crippen LogP contribution in [0.4, 0.5) is 0 Å². The van der Waals surface area contributed by atoms with Crippen LogP contribution in [0.5, 0.6) is 0 Å². The van der Waals surface area contributed by atoms with E-state index in [0.717, 1.165) is 65.1 Å². The summed E-state index contributed by atoms with van der Waals surface area (Å²) in [6.07, 6.45) is -0.794. The molecule has 3 N–H and O–H groups in total. The van der Waals surface area contributed by atoms with Crippen LogP contribution in [-0.2, 0) is 19.1 Å². The number of hydrogen-bond donors (Lipinski definition) is 3. The summed E-state index contributed by atoms with van der Waals surface area (Å²) in [5.74, 6) is -0.349. The number of likely N-dealkylation sites (tertiary alicyclic amines) is 1. The fourth-order valence-corrected chi connectivity index (χ4v) is 10.7. The normalized spacial score (nSPS) is 17.8. The predicted octanol–water partition coefficient (Wildman–Crippen LogP) is 7.79. The van der Waals surface area contributed by atoms with Crippen molar-refractivity contribution in [2.24, 2.45) is 10.4 Å². The number of methoxy groups -OCH3 is 1. The van der Waals surface area contributed by atoms with Crippen LogP contribution in [0.25, 0.3) is 26.6 Å². The molecule has 6 aromatic rings. The van der Waals surface area contributed by atoms with E-state index in [0.29, 0.717) is 17.2 Å². The number of aliphatic hydroxyl groups excluding tert-OH is 1. The number of thiazole rings is 1. The molecule has 1 fully saturated rings. The number of β-amino-alcohol motifs (C(OH)–C–C–N with tert-alkyl or cyclic N) is 1. The van der Waals surface area contributed by atoms with E-state index in [1.54, 1.807) is 34.8 Å². The Kier molecular flexibility index (Phi) is 12.9. The van der Waals surface area contributed by atoms with E-state index in [9.17, 15) is 24.3 Å². The van der Waals surface area contributed by atoms with Gasteiger partial charge in [-0.1, -0.05) is 81.4 Å². The largest absolute Gasteiger partial charge is 0.469 e. The zero-order valence-electron chi connectivity index (χ0n) is 38.5. The zero-order chi connectivity index (χ0) is 47.2. The van der Waals surface area contributed by atoms with E-state index in [1.807, 2.05) is 112 Å². The van der Waals surface area contributed by atoms with Crippen LogP contribution < -0.4 is 10.6 Å². The third-order valence-corrected chi connectivity index (χ3v) is 14.7. The number of carbonyl (C=O) groups is 4. The molecule has 16 heteroatoms. The Morgan fingerprint density at radius 2 is 1.52 bits per heavy atom. The number of aryl methyl sites for hydroxylation is 3. The van der Waals surface area contributed by atoms with Crippen LogP contribution in [0.3, 0.4) is 0 Å². The van der Waals surface area contributed by atoms with Crippen molar-refractivity contribution in [2.45, 2.75) is 98.5 Å². The van der Waals surface area contributed by atoms with Gasteiger partial charge in [-0.05, 0) is 80.0 Å². The Morgan fingerprint density at radius 3 is 2.14 bits per heavy atom. The topological polar surface area (TPSA) is 181 Å². The Balaban J connectivity index is 0.965. The van der Waals surface area contributed by atoms with Crippen LogP contribution >= 0.6 is 22.7 Å². The first kappa shape index (κ1) is 46.2. The Labute approximate surface area is 392 Å². The number of aliphatic hydroxyl groups is 1. The summed E-state index contributed by atoms with van der Waals surface area (Å²) in [5.41, 5.74) is 9.83. The van der Waals surface area contributed by atoms with E-state index < -0.39 is 47.4 Å². The van der Waals surface area contributed by atoms with Crippen molar-refractivity contribution in [1.82, 2.24) is 35.3 Å². The minimum atomic E-state index is -0.993. The molecule has 5 heterocycles. The molecule has 1 saturated heterocycles. The summed E-state index contributed by atoms with van der Waals surface area (Å²) < 4.78 is 7.03. The summed E-state index contributed by atoms with van der Waals surface area (Å²) in [4.78, 5) is 67.7. The maximum Gasteiger partial charge on any atom is 0.308 e. The van der Waals surface area contributed by atoms with E-state index in [2.05, 4.69) is 39.7 Å². The molecule has 0 unspecified atom stereocenters. The number of fused-ring (bicyclic) bond motifs is 3. The van der Waals surface area contributed by atoms with Crippen LogP contribution in [0.1, 0.15) is 107 Å². The van der Waals surface area contributed by atoms with Crippen molar-refractivity contribution in [3.8, 4) is 26.6 Å². The number of rotatable bonds is 11. The molecule has 5 atom stereocenters. The third kappa shape index (κ3) is 9.09. The van der Waals surface area contributed by atoms with Gasteiger partial charge >= 0.3 is 5.97 Å². The number of carbonyl (C=O) groups excluding carboxylic acids is 4. The average molecular weight is 927 g/mol. The fourth-order valence-electron chi connectivity index (χ4n) is 8.63. The fraction of sp³-hybridized carbons (Fsp3) is 0.360. The van der Waals surface area contributed by atoms with Crippen molar-refractivity contribution in [1.29, 1.82) is 0 Å². The molecule has 8 rings (SSSR count). The second kappa shape index (κ2) is 18.5. The van der Waals surface area contributed by atoms with Gasteiger partial charge in [0.15, 0.2) is 5.82 Å². The molecular formula is C50H54N8O6S2. The predicted molar refractivity (Wildman–Crippen MR) is 256 cm³/mol. The van der Waals surface area contributed by atoms with Gasteiger partial charge in [-0.3, -0.25) is 28.7 Å². The highest BCUT2D eigenvalue weighted by atomic mass is 32.1. The average Bonchev–Trinajstić information content (AvgIpc) is 4.07. The minimum Gasteiger partial charge on any atom is -0.469 e. The number of benzene rings is 3. The highest BCUT2D eigenvalue weighted by molar-refractivity contribution is 7.15. The SMILES string of the molecule is COC(=O)C[C@@H]1N=C(c2ccc(-c3ccc(C(=O)N[C@H](C(=O)N4C[C@H](O)C[C@H]4C(=O)N[C@@H](C)c4ccc(-c5scnc5C)cc4)C(C)(C)C)cc3)cc2)c2c(sc(C)c2C)-n2c(C)nnc21. The standard InChI is InChI=1S/C50H54N8O6S2/c1-26-29(4)66-49-41(26)42(53-38(23-40(60)64-9)45-56-55-30(5)58(45)49)34-16-12-32(13-17-34)33-14-20-36(21-15-33)46(61)54-44(50(6,7)8)48(63)57-24-37(59)22-39(57)47(62)52-27(2)31-10-18-35(19-11-31)43-28(3)51-25-65-43/h10-21,25,27,37-39,44,59H,22-24H2,1-9H3,(H,52,62)(H,54,61)/t27-,37+,38-,39-,44+/m0/s1. The van der Waals surface area contributed by atoms with E-state index in [1.165, 1.54) is 12.0 Å². The number of nitrogens with zero attached hydrogens (tertiary/aromatic N) is 6. The van der Waals surface area contributed by atoms with Crippen molar-refractivity contribution in [3.05, 3.63) is 128 Å². The number of thiophene rings is 1. The third-order valence-electron chi connectivity index (χ3n) is 12.5. The van der Waals surface area contributed by atoms with Gasteiger partial charge in [-0.2, -0.15) is 0 Å². The van der Waals surface area contributed by atoms with Crippen LogP contribution in [0.2, 0.25) is 0 Å². The summed E-state index contributed by atoms with van der Waals surface area (Å²) >= 11 is 3.22. The van der Waals surface area contributed by atoms with E-state index >= 15 is 0 Å². The smallest absolute Gasteiger partial charge is 0.308 e. The summed E-state index contributed by atoms with van der Waals surface area (Å²) in [5, 5.41) is 26.5. The van der Waals surface area contributed by atoms with Crippen LogP contribution in [0, 0.1) is 33.1 Å². The molecule has 0 radical (unpaired) electrons. The Hall–Kier alpha value is -6.36. The number of esters is 1. The second-order valence-corrected chi connectivity index (χ2v) is 20.2. The molecule has 3 amide bonds. The Bertz CT molecular complexity index is 2840. The van der Waals surface area contributed by atoms with Gasteiger partial charge in [0, 0.05) is 34.5 Å². The maximum absolute atomic E-state index is 14.4. The lowest BCUT2D eigenvalue weighted by Gasteiger charge is -2.35. The number of ether oxygens (including phenoxy) is 1. The molecule has 3 aromatic carbocycles. The lowest BCUT2D eigenvalue weighted by Crippen LogP contribution is -2.57. The first-order chi connectivity index (χ1) is 31.4. The van der Waals surface area contributed by atoms with Gasteiger partial charge in [-0.15, -0.1) is 32.9 Å². The zero-order valence-corrected chi connectivity index (χ0v) is 40.1. The van der Waals surface area contributed by atoms with Crippen molar-refractivity contribution >= 4 is 52.1 Å². The molecule has 2 aliphatic rings. The lowest BCUT2D eigenvalue weighted by molar-refractivity contribution is -0.142. The summed E-state index contributed by atoms with van der Waals surface area (Å²) in [6, 6.07) is 20.3. The molecule has 0 aliphatic carbocycles. The van der Waals surface area contributed by atoms with Crippen molar-refractivity contribution < 1.29 is 29.0 Å². The number of aromatic nitrogens is 4. The molecular weight excluding hydrogens is 873 g/mol. The van der Waals surface area contributed by atoms with Gasteiger partial charge < -0.3 is 25.4 Å². The monoisotopic (exact) mass is 926 g/mol. The van der Waals surface area contributed by atoms with Gasteiger partial charge in [0.25, 0.3) is 5.91 Å². The van der Waals surface area contributed by atoms with Gasteiger partial charge in [0.1, 0.15) is 29.0 Å². The number of aliphatic imine (C=N–C) groups is 1. The maximum atomic E-state index is 14.4. The van der Waals surface area contributed by atoms with E-state index in [-0.39, 0.29) is 31.3 Å². The summed E-state index contributed by atoms with van der Waals surface area (Å²) in [7, 11) is 1.36. The Morgan fingerprint density at radius 1 is 0.879 bits per heavy atom. The van der Waals surface area contributed by atoms with E-state index in [4.69, 9.17) is 9.73 Å². The number of hydrogen-bond acceptors (Lipinski definition) is 12. The molecule has 3 aromatic heterocycles. The van der Waals surface area contributed by atoms with Crippen LogP contribution in [-0.4, -0.2) is 91.0 Å². The van der Waals surface area contributed by atoms with Gasteiger partial charge in [0.05, 0.1) is 47.5 Å². The molecule has 66 heavy (non-hydrogen) atoms. The van der Waals surface area contributed by atoms with Crippen LogP contribution in [0.15, 0.2) is 83.3 Å². The molecule has 0 saturated carbocycles. The molecule has 0 spiro atoms. The summed E-state index contributed by atoms with van der Waals surface area (Å²) in [6.45, 7) is 15.5. The quantitative estimate of drug-likeness (QED) is 0.109. The van der Waals surface area contributed by atoms with Crippen molar-refractivity contribution in [2.75, 3.05) is 13.7 Å². The number of nitrogens with one attached hydrogen (secondary N) is 2. The lowest BCUT2D eigenvalue weighted by atomic mass is 9.85. The highest BCUT2D eigenvalue weighted by Gasteiger charge is 2.45. The molecule has 14 nitrogen and oxygen atoms in total. The highest BCUT2D eigenvalue weighted by Crippen LogP contribution is 2.40. The molecule has 2 aliphatic heterocycles. The van der Waals surface area contributed by atoms with Crippen molar-refractivity contribution in [3.63, 3.8) is 0 Å². The number of amides is 3. The minimum absolute atomic E-state index is 0.0116.